The van der Waals surface area contributed by atoms with Crippen LogP contribution >= 0.6 is 0 Å². The van der Waals surface area contributed by atoms with Gasteiger partial charge < -0.3 is 58.9 Å². The van der Waals surface area contributed by atoms with E-state index in [2.05, 4.69) is 0 Å². The normalized spacial score (nSPS) is 49.0. The third-order valence-electron chi connectivity index (χ3n) is 11.4. The van der Waals surface area contributed by atoms with E-state index in [0.29, 0.717) is 6.42 Å². The first-order valence-electron chi connectivity index (χ1n) is 18.1. The van der Waals surface area contributed by atoms with Gasteiger partial charge in [0.15, 0.2) is 12.6 Å². The van der Waals surface area contributed by atoms with Crippen molar-refractivity contribution in [3.63, 3.8) is 0 Å². The SMILES string of the molecule is CC[C@@H]1OC(=O)C[C@@H](O[C@@H]2C[C@@](C)(OC)[C@@H](O)[C@@H](C)O2)[C@H](C)[C@H](O[C@@H]2O[C@H](C)C[C@@H](N(C)C)[C@H]2O)[C@](C)(O)C[C@@H](C)C(=O)[C@@H](C)[C@H](O)[C@]1(C)O. The molecule has 0 radical (unpaired) electrons. The summed E-state index contributed by atoms with van der Waals surface area (Å²) in [6, 6.07) is -0.318. The molecule has 0 saturated carbocycles. The number of hydrogen-bond acceptors (Lipinski definition) is 14. The van der Waals surface area contributed by atoms with Crippen molar-refractivity contribution < 1.29 is 63.5 Å². The van der Waals surface area contributed by atoms with Crippen molar-refractivity contribution >= 4 is 11.8 Å². The van der Waals surface area contributed by atoms with Crippen molar-refractivity contribution in [1.29, 1.82) is 0 Å². The van der Waals surface area contributed by atoms with Crippen LogP contribution in [0.3, 0.4) is 0 Å². The molecule has 14 nitrogen and oxygen atoms in total. The fourth-order valence-corrected chi connectivity index (χ4v) is 8.10. The van der Waals surface area contributed by atoms with Crippen LogP contribution in [0.5, 0.6) is 0 Å². The number of Topliss-reactive ketones (excluding diaryl/α,β-unsaturated/α-hetero) is 1. The smallest absolute Gasteiger partial charge is 0.308 e. The largest absolute Gasteiger partial charge is 0.459 e. The summed E-state index contributed by atoms with van der Waals surface area (Å²) in [5.41, 5.74) is -4.80. The van der Waals surface area contributed by atoms with Crippen molar-refractivity contribution in [2.75, 3.05) is 21.2 Å². The van der Waals surface area contributed by atoms with E-state index < -0.39 is 102 Å². The molecule has 3 fully saturated rings. The molecule has 50 heavy (non-hydrogen) atoms. The highest BCUT2D eigenvalue weighted by Gasteiger charge is 2.52. The quantitative estimate of drug-likeness (QED) is 0.238. The molecular weight excluding hydrogens is 654 g/mol. The van der Waals surface area contributed by atoms with Gasteiger partial charge in [-0.15, -0.1) is 0 Å². The number of nitrogens with zero attached hydrogens (tertiary/aromatic N) is 1. The second-order valence-corrected chi connectivity index (χ2v) is 16.0. The number of rotatable bonds is 7. The van der Waals surface area contributed by atoms with Crippen LogP contribution < -0.4 is 0 Å². The molecule has 0 aliphatic carbocycles. The molecular formula is C36H65NO13. The molecule has 0 aromatic rings. The van der Waals surface area contributed by atoms with E-state index in [1.54, 1.807) is 34.6 Å². The minimum atomic E-state index is -1.98. The van der Waals surface area contributed by atoms with E-state index in [9.17, 15) is 35.1 Å². The molecule has 5 N–H and O–H groups in total. The Bertz CT molecular complexity index is 1140. The van der Waals surface area contributed by atoms with Crippen LogP contribution in [0.2, 0.25) is 0 Å². The first-order valence-corrected chi connectivity index (χ1v) is 18.1. The van der Waals surface area contributed by atoms with E-state index >= 15 is 0 Å². The molecule has 17 atom stereocenters. The highest BCUT2D eigenvalue weighted by Crippen LogP contribution is 2.39. The summed E-state index contributed by atoms with van der Waals surface area (Å²) in [6.45, 7) is 14.7. The Morgan fingerprint density at radius 1 is 0.920 bits per heavy atom. The molecule has 14 heteroatoms. The number of ketones is 1. The van der Waals surface area contributed by atoms with E-state index in [-0.39, 0.29) is 37.8 Å². The van der Waals surface area contributed by atoms with Crippen molar-refractivity contribution in [2.45, 2.75) is 179 Å². The molecule has 3 aliphatic rings. The Hall–Kier alpha value is -1.30. The monoisotopic (exact) mass is 719 g/mol. The zero-order valence-corrected chi connectivity index (χ0v) is 32.1. The number of carbonyl (C=O) groups excluding carboxylic acids is 2. The van der Waals surface area contributed by atoms with Crippen molar-refractivity contribution in [2.24, 2.45) is 17.8 Å². The van der Waals surface area contributed by atoms with E-state index in [0.717, 1.165) is 0 Å². The average Bonchev–Trinajstić information content (AvgIpc) is 3.03. The third-order valence-corrected chi connectivity index (χ3v) is 11.4. The van der Waals surface area contributed by atoms with Gasteiger partial charge >= 0.3 is 5.97 Å². The Labute approximate surface area is 297 Å². The number of esters is 1. The lowest BCUT2D eigenvalue weighted by molar-refractivity contribution is -0.315. The number of cyclic esters (lactones) is 1. The molecule has 0 aromatic heterocycles. The molecule has 292 valence electrons. The molecule has 0 aromatic carbocycles. The van der Waals surface area contributed by atoms with Crippen LogP contribution in [0.1, 0.15) is 94.4 Å². The van der Waals surface area contributed by atoms with Gasteiger partial charge in [-0.2, -0.15) is 0 Å². The van der Waals surface area contributed by atoms with Crippen molar-refractivity contribution in [3.8, 4) is 0 Å². The maximum absolute atomic E-state index is 13.8. The van der Waals surface area contributed by atoms with Gasteiger partial charge in [0.1, 0.15) is 29.7 Å². The topological polar surface area (TPSA) is 194 Å². The van der Waals surface area contributed by atoms with Crippen LogP contribution in [0.4, 0.5) is 0 Å². The van der Waals surface area contributed by atoms with E-state index in [4.69, 9.17) is 28.4 Å². The van der Waals surface area contributed by atoms with Gasteiger partial charge in [0.05, 0.1) is 48.1 Å². The Kier molecular flexibility index (Phi) is 14.5. The molecule has 3 rings (SSSR count). The lowest BCUT2D eigenvalue weighted by Crippen LogP contribution is -2.60. The van der Waals surface area contributed by atoms with Crippen molar-refractivity contribution in [1.82, 2.24) is 4.90 Å². The summed E-state index contributed by atoms with van der Waals surface area (Å²) in [5.74, 6) is -3.88. The van der Waals surface area contributed by atoms with Gasteiger partial charge in [-0.3, -0.25) is 9.59 Å². The van der Waals surface area contributed by atoms with Gasteiger partial charge in [-0.1, -0.05) is 27.7 Å². The Morgan fingerprint density at radius 2 is 1.54 bits per heavy atom. The minimum Gasteiger partial charge on any atom is -0.459 e. The number of likely N-dealkylation sites (N-methyl/N-ethyl adjacent to an activating group) is 1. The van der Waals surface area contributed by atoms with E-state index in [1.165, 1.54) is 27.9 Å². The summed E-state index contributed by atoms with van der Waals surface area (Å²) in [6.07, 6.45) is -9.94. The molecule has 0 unspecified atom stereocenters. The zero-order chi connectivity index (χ0) is 38.1. The van der Waals surface area contributed by atoms with Crippen LogP contribution in [-0.4, -0.2) is 148 Å². The van der Waals surface area contributed by atoms with Crippen molar-refractivity contribution in [3.05, 3.63) is 0 Å². The molecule has 0 spiro atoms. The van der Waals surface area contributed by atoms with Crippen LogP contribution in [0.15, 0.2) is 0 Å². The van der Waals surface area contributed by atoms with Gasteiger partial charge in [0.2, 0.25) is 0 Å². The lowest BCUT2D eigenvalue weighted by atomic mass is 9.74. The van der Waals surface area contributed by atoms with Gasteiger partial charge in [0.25, 0.3) is 0 Å². The number of methoxy groups -OCH3 is 1. The summed E-state index contributed by atoms with van der Waals surface area (Å²) in [4.78, 5) is 29.4. The van der Waals surface area contributed by atoms with Gasteiger partial charge in [0, 0.05) is 37.3 Å². The maximum Gasteiger partial charge on any atom is 0.308 e. The molecule has 3 heterocycles. The molecule has 0 bridgehead atoms. The maximum atomic E-state index is 13.8. The molecule has 3 aliphatic heterocycles. The standard InChI is InChI=1S/C36H65NO13/c1-13-25-36(9,44)30(41)21(5)28(39)18(2)16-34(7,43)32(50-33-29(40)23(37(10)11)14-19(3)46-33)20(4)24(15-26(38)49-25)48-27-17-35(8,45-12)31(42)22(6)47-27/h18-25,27,29-33,40-44H,13-17H2,1-12H3/t18-,19-,20+,21-,22-,23-,24-,25+,27-,29-,30+,31+,32+,33+,34-,35-,36-/m1/s1. The summed E-state index contributed by atoms with van der Waals surface area (Å²) in [5, 5.41) is 57.3. The van der Waals surface area contributed by atoms with E-state index in [1.807, 2.05) is 25.9 Å². The first-order chi connectivity index (χ1) is 23.0. The Morgan fingerprint density at radius 3 is 2.10 bits per heavy atom. The Balaban J connectivity index is 2.13. The molecule has 0 amide bonds. The fraction of sp³-hybridized carbons (Fsp3) is 0.944. The summed E-state index contributed by atoms with van der Waals surface area (Å²) in [7, 11) is 5.17. The lowest BCUT2D eigenvalue weighted by Gasteiger charge is -2.48. The number of aliphatic hydroxyl groups is 5. The number of ether oxygens (including phenoxy) is 6. The predicted octanol–water partition coefficient (Wildman–Crippen LogP) is 1.54. The first kappa shape index (κ1) is 43.1. The van der Waals surface area contributed by atoms with Crippen LogP contribution in [0.25, 0.3) is 0 Å². The summed E-state index contributed by atoms with van der Waals surface area (Å²) < 4.78 is 36.7. The highest BCUT2D eigenvalue weighted by molar-refractivity contribution is 5.83. The number of carbonyl (C=O) groups is 2. The van der Waals surface area contributed by atoms with Gasteiger partial charge in [-0.05, 0) is 68.0 Å². The average molecular weight is 720 g/mol. The predicted molar refractivity (Wildman–Crippen MR) is 182 cm³/mol. The number of aliphatic hydroxyl groups excluding tert-OH is 3. The second-order valence-electron chi connectivity index (χ2n) is 16.0. The fourth-order valence-electron chi connectivity index (χ4n) is 8.10. The highest BCUT2D eigenvalue weighted by atomic mass is 16.7. The zero-order valence-electron chi connectivity index (χ0n) is 32.1. The second kappa shape index (κ2) is 16.8. The third kappa shape index (κ3) is 9.43. The van der Waals surface area contributed by atoms with Crippen LogP contribution in [0, 0.1) is 17.8 Å². The molecule has 3 saturated heterocycles. The van der Waals surface area contributed by atoms with Crippen LogP contribution in [-0.2, 0) is 38.0 Å². The summed E-state index contributed by atoms with van der Waals surface area (Å²) >= 11 is 0. The number of hydrogen-bond donors (Lipinski definition) is 5. The minimum absolute atomic E-state index is 0.101. The van der Waals surface area contributed by atoms with Gasteiger partial charge in [-0.25, -0.2) is 0 Å².